The highest BCUT2D eigenvalue weighted by atomic mass is 127. The standard InChI is InChI=1S/C20H20ClIN4O3/c1-10-15-16(29-20(2,3)28-15)19(27-10)26-8-13(22)14-17(23-9-24-18(14)26)25-12-6-4-11(21)5-7-12/h4-10,15-16,19H,1-3H3,(H,23,24,25)/t10-,15-,16-,19-/m1/s1. The minimum atomic E-state index is -0.627. The lowest BCUT2D eigenvalue weighted by Crippen LogP contribution is -2.27. The first-order chi connectivity index (χ1) is 13.8. The van der Waals surface area contributed by atoms with Gasteiger partial charge in [-0.2, -0.15) is 0 Å². The van der Waals surface area contributed by atoms with Crippen molar-refractivity contribution in [1.82, 2.24) is 14.5 Å². The zero-order valence-corrected chi connectivity index (χ0v) is 19.0. The van der Waals surface area contributed by atoms with E-state index in [4.69, 9.17) is 25.8 Å². The van der Waals surface area contributed by atoms with Crippen molar-refractivity contribution in [3.05, 3.63) is 45.4 Å². The Morgan fingerprint density at radius 1 is 1.14 bits per heavy atom. The summed E-state index contributed by atoms with van der Waals surface area (Å²) in [4.78, 5) is 9.01. The summed E-state index contributed by atoms with van der Waals surface area (Å²) >= 11 is 8.29. The molecule has 2 saturated heterocycles. The van der Waals surface area contributed by atoms with Gasteiger partial charge in [0.25, 0.3) is 0 Å². The number of aromatic nitrogens is 3. The van der Waals surface area contributed by atoms with Crippen molar-refractivity contribution in [2.45, 2.75) is 51.1 Å². The number of nitrogens with one attached hydrogen (secondary N) is 1. The Labute approximate surface area is 186 Å². The van der Waals surface area contributed by atoms with E-state index in [1.165, 1.54) is 0 Å². The quantitative estimate of drug-likeness (QED) is 0.491. The zero-order chi connectivity index (χ0) is 20.3. The van der Waals surface area contributed by atoms with E-state index in [0.717, 1.165) is 26.1 Å². The summed E-state index contributed by atoms with van der Waals surface area (Å²) in [6, 6.07) is 7.51. The summed E-state index contributed by atoms with van der Waals surface area (Å²) in [7, 11) is 0. The van der Waals surface area contributed by atoms with Gasteiger partial charge in [0.1, 0.15) is 30.0 Å². The minimum absolute atomic E-state index is 0.0737. The molecule has 2 aromatic heterocycles. The van der Waals surface area contributed by atoms with E-state index in [2.05, 4.69) is 37.9 Å². The number of hydrogen-bond acceptors (Lipinski definition) is 6. The van der Waals surface area contributed by atoms with Gasteiger partial charge in [0, 0.05) is 20.5 Å². The highest BCUT2D eigenvalue weighted by molar-refractivity contribution is 14.1. The SMILES string of the molecule is C[C@H]1O[C@@H](n2cc(I)c3c(Nc4ccc(Cl)cc4)ncnc32)[C@@H]2OC(C)(C)O[C@@H]21. The number of rotatable bonds is 3. The lowest BCUT2D eigenvalue weighted by atomic mass is 10.1. The maximum Gasteiger partial charge on any atom is 0.164 e. The molecule has 2 aliphatic rings. The normalized spacial score (nSPS) is 28.0. The number of nitrogens with zero attached hydrogens (tertiary/aromatic N) is 3. The molecule has 152 valence electrons. The Bertz CT molecular complexity index is 1070. The average molecular weight is 527 g/mol. The molecule has 0 bridgehead atoms. The Morgan fingerprint density at radius 2 is 1.86 bits per heavy atom. The molecule has 0 unspecified atom stereocenters. The van der Waals surface area contributed by atoms with Crippen molar-refractivity contribution in [3.8, 4) is 0 Å². The van der Waals surface area contributed by atoms with Crippen LogP contribution in [0, 0.1) is 3.57 Å². The van der Waals surface area contributed by atoms with Gasteiger partial charge in [-0.25, -0.2) is 9.97 Å². The van der Waals surface area contributed by atoms with Gasteiger partial charge < -0.3 is 24.1 Å². The number of anilines is 2. The van der Waals surface area contributed by atoms with Crippen LogP contribution in [0.15, 0.2) is 36.8 Å². The third-order valence-electron chi connectivity index (χ3n) is 5.21. The molecule has 3 aromatic rings. The number of ether oxygens (including phenoxy) is 3. The minimum Gasteiger partial charge on any atom is -0.349 e. The van der Waals surface area contributed by atoms with E-state index in [0.29, 0.717) is 5.02 Å². The molecule has 2 aliphatic heterocycles. The van der Waals surface area contributed by atoms with Gasteiger partial charge in [0.15, 0.2) is 12.0 Å². The molecule has 2 fully saturated rings. The van der Waals surface area contributed by atoms with Gasteiger partial charge in [-0.05, 0) is 67.6 Å². The van der Waals surface area contributed by atoms with Gasteiger partial charge in [-0.1, -0.05) is 11.6 Å². The Kier molecular flexibility index (Phi) is 4.74. The lowest BCUT2D eigenvalue weighted by molar-refractivity contribution is -0.194. The summed E-state index contributed by atoms with van der Waals surface area (Å²) in [5, 5.41) is 4.98. The fourth-order valence-corrected chi connectivity index (χ4v) is 4.92. The number of halogens is 2. The van der Waals surface area contributed by atoms with Crippen LogP contribution in [0.25, 0.3) is 11.0 Å². The zero-order valence-electron chi connectivity index (χ0n) is 16.1. The number of benzene rings is 1. The van der Waals surface area contributed by atoms with E-state index < -0.39 is 5.79 Å². The maximum atomic E-state index is 6.21. The van der Waals surface area contributed by atoms with Crippen LogP contribution < -0.4 is 5.32 Å². The maximum absolute atomic E-state index is 6.21. The molecule has 1 N–H and O–H groups in total. The van der Waals surface area contributed by atoms with Crippen molar-refractivity contribution in [3.63, 3.8) is 0 Å². The Hall–Kier alpha value is -1.46. The molecule has 7 nitrogen and oxygen atoms in total. The first kappa shape index (κ1) is 19.5. The predicted octanol–water partition coefficient (Wildman–Crippen LogP) is 4.87. The molecule has 0 radical (unpaired) electrons. The van der Waals surface area contributed by atoms with E-state index in [-0.39, 0.29) is 24.5 Å². The van der Waals surface area contributed by atoms with Gasteiger partial charge >= 0.3 is 0 Å². The molecule has 0 spiro atoms. The van der Waals surface area contributed by atoms with Crippen LogP contribution in [0.5, 0.6) is 0 Å². The molecule has 1 aromatic carbocycles. The van der Waals surface area contributed by atoms with E-state index in [9.17, 15) is 0 Å². The smallest absolute Gasteiger partial charge is 0.164 e. The summed E-state index contributed by atoms with van der Waals surface area (Å²) in [6.07, 6.45) is 2.88. The summed E-state index contributed by atoms with van der Waals surface area (Å²) in [6.45, 7) is 5.88. The third-order valence-corrected chi connectivity index (χ3v) is 6.28. The van der Waals surface area contributed by atoms with Crippen LogP contribution in [0.4, 0.5) is 11.5 Å². The Balaban J connectivity index is 1.54. The molecular weight excluding hydrogens is 507 g/mol. The average Bonchev–Trinajstić information content (AvgIpc) is 3.27. The molecule has 9 heteroatoms. The van der Waals surface area contributed by atoms with Crippen LogP contribution in [0.2, 0.25) is 5.02 Å². The largest absolute Gasteiger partial charge is 0.349 e. The van der Waals surface area contributed by atoms with Crippen LogP contribution in [0.3, 0.4) is 0 Å². The molecule has 0 aliphatic carbocycles. The first-order valence-corrected chi connectivity index (χ1v) is 10.8. The van der Waals surface area contributed by atoms with Crippen LogP contribution in [-0.2, 0) is 14.2 Å². The number of fused-ring (bicyclic) bond motifs is 2. The number of hydrogen-bond donors (Lipinski definition) is 1. The fraction of sp³-hybridized carbons (Fsp3) is 0.400. The molecule has 5 rings (SSSR count). The Morgan fingerprint density at radius 3 is 2.62 bits per heavy atom. The van der Waals surface area contributed by atoms with Crippen molar-refractivity contribution in [1.29, 1.82) is 0 Å². The van der Waals surface area contributed by atoms with Crippen LogP contribution >= 0.6 is 34.2 Å². The van der Waals surface area contributed by atoms with Crippen LogP contribution in [0.1, 0.15) is 27.0 Å². The predicted molar refractivity (Wildman–Crippen MR) is 118 cm³/mol. The molecule has 29 heavy (non-hydrogen) atoms. The van der Waals surface area contributed by atoms with E-state index in [1.807, 2.05) is 55.8 Å². The van der Waals surface area contributed by atoms with Gasteiger partial charge in [0.2, 0.25) is 0 Å². The lowest BCUT2D eigenvalue weighted by Gasteiger charge is -2.24. The second kappa shape index (κ2) is 7.05. The molecule has 4 atom stereocenters. The van der Waals surface area contributed by atoms with Crippen molar-refractivity contribution >= 4 is 56.7 Å². The first-order valence-electron chi connectivity index (χ1n) is 9.37. The molecule has 0 saturated carbocycles. The van der Waals surface area contributed by atoms with Crippen molar-refractivity contribution in [2.75, 3.05) is 5.32 Å². The highest BCUT2D eigenvalue weighted by Crippen LogP contribution is 2.44. The second-order valence-corrected chi connectivity index (χ2v) is 9.33. The van der Waals surface area contributed by atoms with Crippen molar-refractivity contribution in [2.24, 2.45) is 0 Å². The summed E-state index contributed by atoms with van der Waals surface area (Å²) < 4.78 is 21.5. The van der Waals surface area contributed by atoms with Gasteiger partial charge in [0.05, 0.1) is 11.5 Å². The van der Waals surface area contributed by atoms with Gasteiger partial charge in [-0.15, -0.1) is 0 Å². The highest BCUT2D eigenvalue weighted by Gasteiger charge is 2.54. The molecule has 0 amide bonds. The van der Waals surface area contributed by atoms with Gasteiger partial charge in [-0.3, -0.25) is 0 Å². The van der Waals surface area contributed by atoms with Crippen molar-refractivity contribution < 1.29 is 14.2 Å². The van der Waals surface area contributed by atoms with E-state index >= 15 is 0 Å². The summed E-state index contributed by atoms with van der Waals surface area (Å²) in [5.74, 6) is 0.102. The monoisotopic (exact) mass is 526 g/mol. The molecular formula is C20H20ClIN4O3. The topological polar surface area (TPSA) is 70.4 Å². The fourth-order valence-electron chi connectivity index (χ4n) is 4.00. The van der Waals surface area contributed by atoms with Crippen LogP contribution in [-0.4, -0.2) is 38.6 Å². The molecule has 4 heterocycles. The van der Waals surface area contributed by atoms with E-state index in [1.54, 1.807) is 6.33 Å². The third kappa shape index (κ3) is 3.40. The summed E-state index contributed by atoms with van der Waals surface area (Å²) in [5.41, 5.74) is 1.69. The second-order valence-electron chi connectivity index (χ2n) is 7.73.